The number of carbonyl (C=O) groups is 5. The summed E-state index contributed by atoms with van der Waals surface area (Å²) in [7, 11) is 0. The normalized spacial score (nSPS) is 18.3. The molecule has 2 aliphatic heterocycles. The van der Waals surface area contributed by atoms with Crippen molar-refractivity contribution in [3.8, 4) is 11.5 Å². The molecule has 8 N–H and O–H groups in total. The molecule has 0 unspecified atom stereocenters. The number of phenolic OH excluding ortho intramolecular Hbond substituents is 2. The lowest BCUT2D eigenvalue weighted by molar-refractivity contribution is -0.153. The predicted molar refractivity (Wildman–Crippen MR) is 175 cm³/mol. The lowest BCUT2D eigenvalue weighted by Crippen LogP contribution is -2.71. The molecule has 3 heterocycles. The number of nitrogens with one attached hydrogen (secondary N) is 2. The van der Waals surface area contributed by atoms with Gasteiger partial charge in [-0.05, 0) is 17.7 Å². The van der Waals surface area contributed by atoms with E-state index in [-0.39, 0.29) is 45.2 Å². The van der Waals surface area contributed by atoms with Crippen LogP contribution in [0.5, 0.6) is 11.5 Å². The van der Waals surface area contributed by atoms with Crippen LogP contribution in [0.1, 0.15) is 29.9 Å². The molecule has 0 radical (unpaired) electrons. The molecule has 2 aliphatic rings. The second-order valence-corrected chi connectivity index (χ2v) is 13.8. The van der Waals surface area contributed by atoms with Gasteiger partial charge in [-0.3, -0.25) is 19.3 Å². The van der Waals surface area contributed by atoms with Gasteiger partial charge >= 0.3 is 11.9 Å². The number of amides is 3. The number of halogens is 1. The minimum absolute atomic E-state index is 0.00347. The fourth-order valence-corrected chi connectivity index (χ4v) is 7.57. The molecule has 0 saturated carbocycles. The maximum atomic E-state index is 13.3. The number of β-lactam (4-membered cyclic amide) rings is 1. The first-order chi connectivity index (χ1) is 22.2. The average molecular weight is 729 g/mol. The zero-order valence-electron chi connectivity index (χ0n) is 24.6. The average Bonchev–Trinajstić information content (AvgIpc) is 3.44. The third kappa shape index (κ3) is 7.86. The Balaban J connectivity index is 1.39. The Kier molecular flexibility index (Phi) is 11.5. The molecule has 16 nitrogen and oxygen atoms in total. The molecule has 0 spiro atoms. The Hall–Kier alpha value is -4.20. The second-order valence-electron chi connectivity index (χ2n) is 10.3. The van der Waals surface area contributed by atoms with Crippen LogP contribution in [0.3, 0.4) is 0 Å². The van der Waals surface area contributed by atoms with Crippen molar-refractivity contribution in [1.82, 2.24) is 20.5 Å². The number of aliphatic carboxylic acids is 2. The fourth-order valence-electron chi connectivity index (χ4n) is 4.42. The third-order valence-electron chi connectivity index (χ3n) is 6.77. The highest BCUT2D eigenvalue weighted by atomic mass is 35.5. The molecule has 252 valence electrons. The SMILES string of the molecule is CC(C)[C@@H](O/N=C(\C(=O)N[C@@H]1C(=O)N2C(C(=O)O)=C(CSCCNC(=O)c3ccc(O)c(O)c3Cl)CS[C@H]12)c1csc(N)n1)C(=O)O. The number of nitrogens with two attached hydrogens (primary N) is 1. The molecule has 1 fully saturated rings. The number of thiazole rings is 1. The van der Waals surface area contributed by atoms with E-state index in [1.54, 1.807) is 13.8 Å². The number of oxime groups is 1. The van der Waals surface area contributed by atoms with Gasteiger partial charge in [-0.1, -0.05) is 30.6 Å². The first kappa shape index (κ1) is 35.7. The number of hydrogen-bond acceptors (Lipinski definition) is 14. The van der Waals surface area contributed by atoms with Crippen molar-refractivity contribution < 1.29 is 49.2 Å². The maximum absolute atomic E-state index is 13.3. The van der Waals surface area contributed by atoms with E-state index in [2.05, 4.69) is 20.8 Å². The molecule has 1 aromatic heterocycles. The minimum Gasteiger partial charge on any atom is -0.504 e. The number of hydrogen-bond donors (Lipinski definition) is 7. The van der Waals surface area contributed by atoms with Gasteiger partial charge in [0.25, 0.3) is 17.7 Å². The second kappa shape index (κ2) is 15.1. The summed E-state index contributed by atoms with van der Waals surface area (Å²) in [4.78, 5) is 72.9. The van der Waals surface area contributed by atoms with Crippen molar-refractivity contribution in [2.45, 2.75) is 31.4 Å². The van der Waals surface area contributed by atoms with Crippen LogP contribution in [0.15, 0.2) is 33.9 Å². The van der Waals surface area contributed by atoms with Crippen molar-refractivity contribution in [1.29, 1.82) is 0 Å². The van der Waals surface area contributed by atoms with Crippen LogP contribution in [0.4, 0.5) is 5.13 Å². The van der Waals surface area contributed by atoms with Gasteiger partial charge in [0, 0.05) is 35.1 Å². The molecule has 3 amide bonds. The van der Waals surface area contributed by atoms with Gasteiger partial charge < -0.3 is 41.6 Å². The highest BCUT2D eigenvalue weighted by Crippen LogP contribution is 2.41. The fraction of sp³-hybridized carbons (Fsp3) is 0.370. The molecule has 1 aromatic carbocycles. The highest BCUT2D eigenvalue weighted by Gasteiger charge is 2.54. The summed E-state index contributed by atoms with van der Waals surface area (Å²) in [6.45, 7) is 3.36. The summed E-state index contributed by atoms with van der Waals surface area (Å²) in [6, 6.07) is 1.28. The van der Waals surface area contributed by atoms with Gasteiger partial charge in [0.05, 0.1) is 10.6 Å². The number of carbonyl (C=O) groups excluding carboxylic acids is 3. The largest absolute Gasteiger partial charge is 0.504 e. The van der Waals surface area contributed by atoms with E-state index in [9.17, 15) is 44.4 Å². The van der Waals surface area contributed by atoms with Gasteiger partial charge in [0.2, 0.25) is 6.10 Å². The highest BCUT2D eigenvalue weighted by molar-refractivity contribution is 8.01. The molecular formula is C27H29ClN6O10S3. The van der Waals surface area contributed by atoms with E-state index in [0.717, 1.165) is 22.3 Å². The van der Waals surface area contributed by atoms with Crippen LogP contribution in [-0.2, 0) is 24.0 Å². The Morgan fingerprint density at radius 2 is 1.98 bits per heavy atom. The van der Waals surface area contributed by atoms with Crippen LogP contribution in [0, 0.1) is 5.92 Å². The number of rotatable bonds is 14. The van der Waals surface area contributed by atoms with Crippen LogP contribution in [-0.4, -0.2) is 107 Å². The molecule has 4 rings (SSSR count). The van der Waals surface area contributed by atoms with Crippen molar-refractivity contribution in [3.63, 3.8) is 0 Å². The Bertz CT molecular complexity index is 1670. The maximum Gasteiger partial charge on any atom is 0.352 e. The number of nitrogen functional groups attached to an aromatic ring is 1. The number of carboxylic acids is 2. The number of anilines is 1. The van der Waals surface area contributed by atoms with E-state index in [0.29, 0.717) is 11.3 Å². The Morgan fingerprint density at radius 3 is 2.60 bits per heavy atom. The molecule has 2 aromatic rings. The summed E-state index contributed by atoms with van der Waals surface area (Å²) >= 11 is 9.49. The van der Waals surface area contributed by atoms with Gasteiger partial charge in [-0.15, -0.1) is 23.1 Å². The number of carboxylic acid groups (broad SMARTS) is 2. The van der Waals surface area contributed by atoms with E-state index in [1.807, 2.05) is 0 Å². The number of fused-ring (bicyclic) bond motifs is 1. The number of nitrogens with zero attached hydrogens (tertiary/aromatic N) is 3. The minimum atomic E-state index is -1.37. The van der Waals surface area contributed by atoms with Crippen molar-refractivity contribution in [2.24, 2.45) is 11.1 Å². The first-order valence-corrected chi connectivity index (χ1v) is 17.1. The summed E-state index contributed by atoms with van der Waals surface area (Å²) < 4.78 is 0. The quantitative estimate of drug-likeness (QED) is 0.0479. The standard InChI is InChI=1S/C27H29ClN6O10S3/c1-10(2)20(26(42)43)44-33-16(13-9-47-27(29)31-13)22(38)32-17-23(39)34-18(25(40)41)11(8-46-24(17)34)7-45-6-5-30-21(37)12-3-4-14(35)19(36)15(12)28/h3-4,9-10,17,20,24,35-36H,5-8H2,1-2H3,(H2,29,31)(H,30,37)(H,32,38)(H,40,41)(H,42,43)/b33-16-/t17-,20-,24-/m1/s1. The van der Waals surface area contributed by atoms with Crippen molar-refractivity contribution >= 4 is 87.0 Å². The lowest BCUT2D eigenvalue weighted by Gasteiger charge is -2.49. The van der Waals surface area contributed by atoms with Crippen LogP contribution in [0.25, 0.3) is 0 Å². The lowest BCUT2D eigenvalue weighted by atomic mass is 10.0. The molecule has 47 heavy (non-hydrogen) atoms. The van der Waals surface area contributed by atoms with Crippen LogP contribution < -0.4 is 16.4 Å². The van der Waals surface area contributed by atoms with Gasteiger partial charge in [0.15, 0.2) is 22.3 Å². The van der Waals surface area contributed by atoms with Crippen LogP contribution >= 0.6 is 46.5 Å². The Morgan fingerprint density at radius 1 is 1.26 bits per heavy atom. The zero-order valence-corrected chi connectivity index (χ0v) is 27.8. The molecule has 0 aliphatic carbocycles. The number of thioether (sulfide) groups is 2. The topological polar surface area (TPSA) is 254 Å². The number of aromatic nitrogens is 1. The van der Waals surface area contributed by atoms with Crippen molar-refractivity contribution in [2.75, 3.05) is 29.5 Å². The number of aromatic hydroxyl groups is 2. The van der Waals surface area contributed by atoms with Gasteiger partial charge in [-0.25, -0.2) is 14.6 Å². The van der Waals surface area contributed by atoms with Gasteiger partial charge in [-0.2, -0.15) is 11.8 Å². The number of benzene rings is 1. The molecule has 0 bridgehead atoms. The van der Waals surface area contributed by atoms with Crippen LogP contribution in [0.2, 0.25) is 5.02 Å². The van der Waals surface area contributed by atoms with Gasteiger partial charge in [0.1, 0.15) is 22.8 Å². The predicted octanol–water partition coefficient (Wildman–Crippen LogP) is 1.52. The molecule has 3 atom stereocenters. The summed E-state index contributed by atoms with van der Waals surface area (Å²) in [5.41, 5.74) is 5.54. The summed E-state index contributed by atoms with van der Waals surface area (Å²) in [5, 5.41) is 48.0. The Labute approximate surface area is 284 Å². The molecule has 20 heteroatoms. The molecular weight excluding hydrogens is 700 g/mol. The first-order valence-electron chi connectivity index (χ1n) is 13.7. The summed E-state index contributed by atoms with van der Waals surface area (Å²) in [6.07, 6.45) is -1.37. The van der Waals surface area contributed by atoms with Crippen molar-refractivity contribution in [3.05, 3.63) is 45.1 Å². The van der Waals surface area contributed by atoms with E-state index in [1.165, 1.54) is 35.0 Å². The monoisotopic (exact) mass is 728 g/mol. The third-order valence-corrected chi connectivity index (χ3v) is 10.2. The molecule has 1 saturated heterocycles. The zero-order chi connectivity index (χ0) is 34.6. The van der Waals surface area contributed by atoms with E-state index >= 15 is 0 Å². The summed E-state index contributed by atoms with van der Waals surface area (Å²) in [5.74, 6) is -5.47. The number of phenols is 2. The van der Waals surface area contributed by atoms with E-state index in [4.69, 9.17) is 22.2 Å². The van der Waals surface area contributed by atoms with E-state index < -0.39 is 70.3 Å². The smallest absolute Gasteiger partial charge is 0.352 e.